The first-order chi connectivity index (χ1) is 8.30. The fraction of sp³-hybridized carbons (Fsp3) is 0.462. The minimum absolute atomic E-state index is 0.133. The van der Waals surface area contributed by atoms with E-state index in [0.717, 1.165) is 5.56 Å². The van der Waals surface area contributed by atoms with E-state index >= 15 is 0 Å². The van der Waals surface area contributed by atoms with Crippen LogP contribution in [0.2, 0.25) is 0 Å². The van der Waals surface area contributed by atoms with Gasteiger partial charge in [-0.15, -0.1) is 0 Å². The SMILES string of the molecule is CC(C)(C)[C@H](NC(=O)Cc1cccnc1)C(=O)O. The van der Waals surface area contributed by atoms with Gasteiger partial charge in [0.2, 0.25) is 5.91 Å². The van der Waals surface area contributed by atoms with Gasteiger partial charge in [0, 0.05) is 12.4 Å². The first-order valence-electron chi connectivity index (χ1n) is 5.72. The fourth-order valence-electron chi connectivity index (χ4n) is 1.55. The van der Waals surface area contributed by atoms with Crippen molar-refractivity contribution in [3.8, 4) is 0 Å². The van der Waals surface area contributed by atoms with Crippen LogP contribution in [0.25, 0.3) is 0 Å². The summed E-state index contributed by atoms with van der Waals surface area (Å²) in [5.74, 6) is -1.34. The van der Waals surface area contributed by atoms with E-state index in [1.807, 2.05) is 0 Å². The maximum absolute atomic E-state index is 11.8. The zero-order valence-electron chi connectivity index (χ0n) is 10.8. The number of hydrogen-bond acceptors (Lipinski definition) is 3. The molecule has 98 valence electrons. The molecule has 0 aromatic carbocycles. The summed E-state index contributed by atoms with van der Waals surface area (Å²) in [6.45, 7) is 5.32. The Morgan fingerprint density at radius 2 is 2.11 bits per heavy atom. The molecule has 0 aliphatic rings. The average Bonchev–Trinajstić information content (AvgIpc) is 2.25. The number of pyridine rings is 1. The Kier molecular flexibility index (Phi) is 4.42. The molecule has 5 heteroatoms. The number of aromatic nitrogens is 1. The highest BCUT2D eigenvalue weighted by Crippen LogP contribution is 2.19. The summed E-state index contributed by atoms with van der Waals surface area (Å²) in [7, 11) is 0. The minimum Gasteiger partial charge on any atom is -0.480 e. The quantitative estimate of drug-likeness (QED) is 0.842. The zero-order chi connectivity index (χ0) is 13.8. The maximum atomic E-state index is 11.8. The van der Waals surface area contributed by atoms with Crippen molar-refractivity contribution in [2.24, 2.45) is 5.41 Å². The van der Waals surface area contributed by atoms with E-state index in [0.29, 0.717) is 0 Å². The van der Waals surface area contributed by atoms with Gasteiger partial charge in [-0.25, -0.2) is 4.79 Å². The van der Waals surface area contributed by atoms with Crippen LogP contribution < -0.4 is 5.32 Å². The number of rotatable bonds is 4. The molecule has 0 saturated carbocycles. The lowest BCUT2D eigenvalue weighted by atomic mass is 9.86. The van der Waals surface area contributed by atoms with Crippen molar-refractivity contribution in [2.75, 3.05) is 0 Å². The summed E-state index contributed by atoms with van der Waals surface area (Å²) >= 11 is 0. The van der Waals surface area contributed by atoms with Crippen molar-refractivity contribution in [1.29, 1.82) is 0 Å². The van der Waals surface area contributed by atoms with Gasteiger partial charge in [0.1, 0.15) is 6.04 Å². The Hall–Kier alpha value is -1.91. The van der Waals surface area contributed by atoms with E-state index in [-0.39, 0.29) is 12.3 Å². The van der Waals surface area contributed by atoms with E-state index in [9.17, 15) is 9.59 Å². The molecule has 1 rings (SSSR count). The largest absolute Gasteiger partial charge is 0.480 e. The molecule has 5 nitrogen and oxygen atoms in total. The molecule has 1 aromatic rings. The topological polar surface area (TPSA) is 79.3 Å². The first-order valence-corrected chi connectivity index (χ1v) is 5.72. The second kappa shape index (κ2) is 5.62. The van der Waals surface area contributed by atoms with Gasteiger partial charge in [0.25, 0.3) is 0 Å². The minimum atomic E-state index is -1.03. The lowest BCUT2D eigenvalue weighted by Gasteiger charge is -2.27. The summed E-state index contributed by atoms with van der Waals surface area (Å²) in [5.41, 5.74) is 0.226. The molecule has 0 saturated heterocycles. The number of carbonyl (C=O) groups is 2. The number of nitrogens with zero attached hydrogens (tertiary/aromatic N) is 1. The molecule has 0 spiro atoms. The van der Waals surface area contributed by atoms with Gasteiger partial charge in [-0.05, 0) is 17.0 Å². The molecule has 1 aromatic heterocycles. The van der Waals surface area contributed by atoms with Crippen molar-refractivity contribution < 1.29 is 14.7 Å². The van der Waals surface area contributed by atoms with Crippen LogP contribution in [0, 0.1) is 5.41 Å². The third-order valence-electron chi connectivity index (χ3n) is 2.51. The van der Waals surface area contributed by atoms with Crippen molar-refractivity contribution in [3.05, 3.63) is 30.1 Å². The van der Waals surface area contributed by atoms with E-state index in [1.165, 1.54) is 0 Å². The van der Waals surface area contributed by atoms with Crippen molar-refractivity contribution in [3.63, 3.8) is 0 Å². The number of carboxylic acid groups (broad SMARTS) is 1. The lowest BCUT2D eigenvalue weighted by molar-refractivity contribution is -0.144. The number of aliphatic carboxylic acids is 1. The molecule has 0 aliphatic heterocycles. The maximum Gasteiger partial charge on any atom is 0.326 e. The monoisotopic (exact) mass is 250 g/mol. The van der Waals surface area contributed by atoms with Crippen LogP contribution in [-0.4, -0.2) is 28.0 Å². The summed E-state index contributed by atoms with van der Waals surface area (Å²) < 4.78 is 0. The highest BCUT2D eigenvalue weighted by Gasteiger charge is 2.32. The van der Waals surface area contributed by atoms with Crippen LogP contribution in [0.15, 0.2) is 24.5 Å². The van der Waals surface area contributed by atoms with Gasteiger partial charge in [-0.1, -0.05) is 26.8 Å². The molecule has 0 unspecified atom stereocenters. The van der Waals surface area contributed by atoms with Gasteiger partial charge < -0.3 is 10.4 Å². The lowest BCUT2D eigenvalue weighted by Crippen LogP contribution is -2.49. The van der Waals surface area contributed by atoms with E-state index in [1.54, 1.807) is 45.3 Å². The van der Waals surface area contributed by atoms with Gasteiger partial charge >= 0.3 is 5.97 Å². The summed E-state index contributed by atoms with van der Waals surface area (Å²) in [5, 5.41) is 11.6. The van der Waals surface area contributed by atoms with Crippen LogP contribution in [0.3, 0.4) is 0 Å². The highest BCUT2D eigenvalue weighted by molar-refractivity contribution is 5.85. The third-order valence-corrected chi connectivity index (χ3v) is 2.51. The molecule has 0 aliphatic carbocycles. The molecular weight excluding hydrogens is 232 g/mol. The second-order valence-corrected chi connectivity index (χ2v) is 5.24. The van der Waals surface area contributed by atoms with Gasteiger partial charge in [-0.2, -0.15) is 0 Å². The Balaban J connectivity index is 2.66. The second-order valence-electron chi connectivity index (χ2n) is 5.24. The number of carboxylic acids is 1. The molecule has 18 heavy (non-hydrogen) atoms. The van der Waals surface area contributed by atoms with Crippen LogP contribution in [0.1, 0.15) is 26.3 Å². The number of amides is 1. The predicted octanol–water partition coefficient (Wildman–Crippen LogP) is 1.24. The molecule has 1 atom stereocenters. The molecule has 0 fully saturated rings. The molecule has 2 N–H and O–H groups in total. The Labute approximate surface area is 106 Å². The van der Waals surface area contributed by atoms with Crippen LogP contribution in [0.4, 0.5) is 0 Å². The van der Waals surface area contributed by atoms with E-state index in [2.05, 4.69) is 10.3 Å². The molecule has 1 amide bonds. The number of carbonyl (C=O) groups excluding carboxylic acids is 1. The standard InChI is InChI=1S/C13H18N2O3/c1-13(2,3)11(12(17)18)15-10(16)7-9-5-4-6-14-8-9/h4-6,8,11H,7H2,1-3H3,(H,15,16)(H,17,18)/t11-/m1/s1. The average molecular weight is 250 g/mol. The highest BCUT2D eigenvalue weighted by atomic mass is 16.4. The van der Waals surface area contributed by atoms with Gasteiger partial charge in [0.15, 0.2) is 0 Å². The van der Waals surface area contributed by atoms with Gasteiger partial charge in [-0.3, -0.25) is 9.78 Å². The van der Waals surface area contributed by atoms with E-state index < -0.39 is 17.4 Å². The van der Waals surface area contributed by atoms with Crippen molar-refractivity contribution >= 4 is 11.9 Å². The van der Waals surface area contributed by atoms with E-state index in [4.69, 9.17) is 5.11 Å². The van der Waals surface area contributed by atoms with Crippen LogP contribution in [0.5, 0.6) is 0 Å². The number of hydrogen-bond donors (Lipinski definition) is 2. The third kappa shape index (κ3) is 4.16. The summed E-state index contributed by atoms with van der Waals surface area (Å²) in [6.07, 6.45) is 3.34. The fourth-order valence-corrected chi connectivity index (χ4v) is 1.55. The Morgan fingerprint density at radius 1 is 1.44 bits per heavy atom. The van der Waals surface area contributed by atoms with Gasteiger partial charge in [0.05, 0.1) is 6.42 Å². The zero-order valence-corrected chi connectivity index (χ0v) is 10.8. The Bertz CT molecular complexity index is 424. The van der Waals surface area contributed by atoms with Crippen molar-refractivity contribution in [2.45, 2.75) is 33.2 Å². The van der Waals surface area contributed by atoms with Crippen molar-refractivity contribution in [1.82, 2.24) is 10.3 Å². The smallest absolute Gasteiger partial charge is 0.326 e. The molecule has 1 heterocycles. The Morgan fingerprint density at radius 3 is 2.56 bits per heavy atom. The summed E-state index contributed by atoms with van der Waals surface area (Å²) in [4.78, 5) is 26.8. The molecule has 0 radical (unpaired) electrons. The number of nitrogens with one attached hydrogen (secondary N) is 1. The summed E-state index contributed by atoms with van der Waals surface area (Å²) in [6, 6.07) is 2.61. The van der Waals surface area contributed by atoms with Crippen LogP contribution >= 0.6 is 0 Å². The predicted molar refractivity (Wildman–Crippen MR) is 67.0 cm³/mol. The molecule has 0 bridgehead atoms. The van der Waals surface area contributed by atoms with Crippen LogP contribution in [-0.2, 0) is 16.0 Å². The molecular formula is C13H18N2O3. The first kappa shape index (κ1) is 14.2. The normalized spacial score (nSPS) is 12.8.